The minimum Gasteiger partial charge on any atom is -0.369 e. The van der Waals surface area contributed by atoms with Crippen molar-refractivity contribution in [3.8, 4) is 6.07 Å². The molecule has 0 unspecified atom stereocenters. The lowest BCUT2D eigenvalue weighted by molar-refractivity contribution is 0.566. The average molecular weight is 250 g/mol. The number of hydrogen-bond acceptors (Lipinski definition) is 3. The van der Waals surface area contributed by atoms with Gasteiger partial charge >= 0.3 is 0 Å². The monoisotopic (exact) mass is 250 g/mol. The molecule has 0 aliphatic carbocycles. The fraction of sp³-hybridized carbons (Fsp3) is 0.462. The van der Waals surface area contributed by atoms with Crippen molar-refractivity contribution in [1.82, 2.24) is 0 Å². The predicted molar refractivity (Wildman–Crippen MR) is 69.9 cm³/mol. The molecule has 0 aromatic heterocycles. The van der Waals surface area contributed by atoms with E-state index in [0.29, 0.717) is 16.5 Å². The number of rotatable bonds is 2. The number of nitrogens with zero attached hydrogens (tertiary/aromatic N) is 2. The van der Waals surface area contributed by atoms with E-state index < -0.39 is 0 Å². The van der Waals surface area contributed by atoms with E-state index in [1.54, 1.807) is 12.1 Å². The highest BCUT2D eigenvalue weighted by Crippen LogP contribution is 2.27. The molecule has 0 atom stereocenters. The minimum atomic E-state index is -0.286. The van der Waals surface area contributed by atoms with Crippen molar-refractivity contribution in [3.05, 3.63) is 29.6 Å². The molecule has 1 aromatic carbocycles. The van der Waals surface area contributed by atoms with Gasteiger partial charge < -0.3 is 4.90 Å². The first-order chi connectivity index (χ1) is 8.24. The Morgan fingerprint density at radius 3 is 2.65 bits per heavy atom. The molecule has 1 aliphatic rings. The molecule has 0 radical (unpaired) electrons. The van der Waals surface area contributed by atoms with Crippen LogP contribution in [0.5, 0.6) is 0 Å². The first kappa shape index (κ1) is 12.3. The van der Waals surface area contributed by atoms with Crippen molar-refractivity contribution in [1.29, 1.82) is 5.26 Å². The van der Waals surface area contributed by atoms with Gasteiger partial charge in [-0.25, -0.2) is 4.39 Å². The summed E-state index contributed by atoms with van der Waals surface area (Å²) in [5.41, 5.74) is 1.01. The summed E-state index contributed by atoms with van der Waals surface area (Å²) in [6, 6.07) is 6.66. The number of nitriles is 1. The van der Waals surface area contributed by atoms with Gasteiger partial charge in [0.1, 0.15) is 5.82 Å². The van der Waals surface area contributed by atoms with E-state index in [1.807, 2.05) is 17.8 Å². The third-order valence-electron chi connectivity index (χ3n) is 3.19. The van der Waals surface area contributed by atoms with Crippen LogP contribution in [0.4, 0.5) is 10.1 Å². The smallest absolute Gasteiger partial charge is 0.147 e. The van der Waals surface area contributed by atoms with Crippen molar-refractivity contribution in [2.75, 3.05) is 24.2 Å². The third kappa shape index (κ3) is 2.73. The Bertz CT molecular complexity index is 434. The minimum absolute atomic E-state index is 0.286. The highest BCUT2D eigenvalue weighted by Gasteiger charge is 2.20. The first-order valence-electron chi connectivity index (χ1n) is 5.72. The van der Waals surface area contributed by atoms with Crippen molar-refractivity contribution < 1.29 is 4.39 Å². The van der Waals surface area contributed by atoms with E-state index in [-0.39, 0.29) is 5.82 Å². The zero-order chi connectivity index (χ0) is 12.3. The molecule has 1 aliphatic heterocycles. The third-order valence-corrected chi connectivity index (χ3v) is 4.33. The Morgan fingerprint density at radius 1 is 1.41 bits per heavy atom. The maximum atomic E-state index is 13.8. The molecule has 17 heavy (non-hydrogen) atoms. The first-order valence-corrected chi connectivity index (χ1v) is 7.01. The van der Waals surface area contributed by atoms with Gasteiger partial charge in [0.15, 0.2) is 0 Å². The Kier molecular flexibility index (Phi) is 3.90. The van der Waals surface area contributed by atoms with E-state index >= 15 is 0 Å². The normalized spacial score (nSPS) is 16.9. The van der Waals surface area contributed by atoms with Gasteiger partial charge in [0.25, 0.3) is 0 Å². The standard InChI is InChI=1S/C13H15FN2S/c1-17-11-4-6-16(7-5-11)13-3-2-10(9-15)8-12(13)14/h2-3,8,11H,4-7H2,1H3. The molecule has 0 N–H and O–H groups in total. The Hall–Kier alpha value is -1.21. The molecule has 1 heterocycles. The van der Waals surface area contributed by atoms with Crippen molar-refractivity contribution in [2.24, 2.45) is 0 Å². The number of piperidine rings is 1. The van der Waals surface area contributed by atoms with Crippen LogP contribution in [0.3, 0.4) is 0 Å². The molecule has 2 nitrogen and oxygen atoms in total. The van der Waals surface area contributed by atoms with Gasteiger partial charge in [0.05, 0.1) is 17.3 Å². The van der Waals surface area contributed by atoms with E-state index in [2.05, 4.69) is 11.2 Å². The summed E-state index contributed by atoms with van der Waals surface area (Å²) in [5, 5.41) is 9.40. The van der Waals surface area contributed by atoms with E-state index in [9.17, 15) is 4.39 Å². The van der Waals surface area contributed by atoms with Gasteiger partial charge in [-0.3, -0.25) is 0 Å². The van der Waals surface area contributed by atoms with Crippen LogP contribution < -0.4 is 4.90 Å². The maximum Gasteiger partial charge on any atom is 0.147 e. The van der Waals surface area contributed by atoms with Gasteiger partial charge in [-0.15, -0.1) is 0 Å². The fourth-order valence-electron chi connectivity index (χ4n) is 2.17. The van der Waals surface area contributed by atoms with Crippen LogP contribution in [0, 0.1) is 17.1 Å². The van der Waals surface area contributed by atoms with E-state index in [0.717, 1.165) is 25.9 Å². The lowest BCUT2D eigenvalue weighted by Crippen LogP contribution is -2.35. The quantitative estimate of drug-likeness (QED) is 0.807. The second-order valence-corrected chi connectivity index (χ2v) is 5.34. The summed E-state index contributed by atoms with van der Waals surface area (Å²) in [6.45, 7) is 1.79. The predicted octanol–water partition coefficient (Wildman–Crippen LogP) is 3.03. The summed E-state index contributed by atoms with van der Waals surface area (Å²) in [7, 11) is 0. The summed E-state index contributed by atoms with van der Waals surface area (Å²) in [5.74, 6) is -0.286. The van der Waals surface area contributed by atoms with Gasteiger partial charge in [-0.05, 0) is 37.3 Å². The van der Waals surface area contributed by atoms with E-state index in [1.165, 1.54) is 6.07 Å². The van der Waals surface area contributed by atoms with Crippen LogP contribution in [0.2, 0.25) is 0 Å². The van der Waals surface area contributed by atoms with Crippen LogP contribution >= 0.6 is 11.8 Å². The highest BCUT2D eigenvalue weighted by atomic mass is 32.2. The lowest BCUT2D eigenvalue weighted by Gasteiger charge is -2.33. The SMILES string of the molecule is CSC1CCN(c2ccc(C#N)cc2F)CC1. The Morgan fingerprint density at radius 2 is 2.12 bits per heavy atom. The Labute approximate surface area is 105 Å². The zero-order valence-electron chi connectivity index (χ0n) is 9.82. The topological polar surface area (TPSA) is 27.0 Å². The molecule has 0 amide bonds. The summed E-state index contributed by atoms with van der Waals surface area (Å²) in [6.07, 6.45) is 4.32. The molecule has 0 spiro atoms. The molecule has 1 aromatic rings. The number of halogens is 1. The average Bonchev–Trinajstić information content (AvgIpc) is 2.39. The Balaban J connectivity index is 2.11. The molecule has 90 valence electrons. The molecule has 0 saturated carbocycles. The molecule has 0 bridgehead atoms. The molecule has 1 saturated heterocycles. The van der Waals surface area contributed by atoms with Gasteiger partial charge in [-0.1, -0.05) is 0 Å². The van der Waals surface area contributed by atoms with Crippen LogP contribution in [0.15, 0.2) is 18.2 Å². The van der Waals surface area contributed by atoms with Crippen LogP contribution in [-0.2, 0) is 0 Å². The molecular formula is C13H15FN2S. The fourth-order valence-corrected chi connectivity index (χ4v) is 2.85. The van der Waals surface area contributed by atoms with Gasteiger partial charge in [0, 0.05) is 18.3 Å². The molecule has 2 rings (SSSR count). The zero-order valence-corrected chi connectivity index (χ0v) is 10.6. The highest BCUT2D eigenvalue weighted by molar-refractivity contribution is 7.99. The van der Waals surface area contributed by atoms with Crippen LogP contribution in [0.1, 0.15) is 18.4 Å². The summed E-state index contributed by atoms with van der Waals surface area (Å²) < 4.78 is 13.8. The number of hydrogen-bond donors (Lipinski definition) is 0. The molecule has 1 fully saturated rings. The summed E-state index contributed by atoms with van der Waals surface area (Å²) >= 11 is 1.89. The maximum absolute atomic E-state index is 13.8. The summed E-state index contributed by atoms with van der Waals surface area (Å²) in [4.78, 5) is 2.07. The second kappa shape index (κ2) is 5.42. The number of thioether (sulfide) groups is 1. The van der Waals surface area contributed by atoms with E-state index in [4.69, 9.17) is 5.26 Å². The molecule has 4 heteroatoms. The van der Waals surface area contributed by atoms with Crippen molar-refractivity contribution in [2.45, 2.75) is 18.1 Å². The van der Waals surface area contributed by atoms with Crippen molar-refractivity contribution in [3.63, 3.8) is 0 Å². The second-order valence-electron chi connectivity index (χ2n) is 4.20. The molecular weight excluding hydrogens is 235 g/mol. The van der Waals surface area contributed by atoms with Crippen LogP contribution in [0.25, 0.3) is 0 Å². The van der Waals surface area contributed by atoms with Crippen LogP contribution in [-0.4, -0.2) is 24.6 Å². The largest absolute Gasteiger partial charge is 0.369 e. The number of anilines is 1. The lowest BCUT2D eigenvalue weighted by atomic mass is 10.1. The van der Waals surface area contributed by atoms with Crippen molar-refractivity contribution >= 4 is 17.4 Å². The van der Waals surface area contributed by atoms with Gasteiger partial charge in [0.2, 0.25) is 0 Å². The van der Waals surface area contributed by atoms with Gasteiger partial charge in [-0.2, -0.15) is 17.0 Å². The number of benzene rings is 1.